The third kappa shape index (κ3) is 2.40. The van der Waals surface area contributed by atoms with E-state index in [0.29, 0.717) is 11.8 Å². The van der Waals surface area contributed by atoms with E-state index in [2.05, 4.69) is 25.6 Å². The monoisotopic (exact) mass is 320 g/mol. The Bertz CT molecular complexity index is 989. The fourth-order valence-corrected chi connectivity index (χ4v) is 2.63. The van der Waals surface area contributed by atoms with Crippen molar-refractivity contribution in [1.82, 2.24) is 25.0 Å². The van der Waals surface area contributed by atoms with E-state index in [1.54, 1.807) is 13.1 Å². The van der Waals surface area contributed by atoms with E-state index < -0.39 is 0 Å². The highest BCUT2D eigenvalue weighted by molar-refractivity contribution is 5.98. The van der Waals surface area contributed by atoms with Crippen molar-refractivity contribution >= 4 is 22.4 Å². The van der Waals surface area contributed by atoms with E-state index in [1.165, 1.54) is 0 Å². The maximum atomic E-state index is 5.60. The highest BCUT2D eigenvalue weighted by Crippen LogP contribution is 2.34. The lowest BCUT2D eigenvalue weighted by molar-refractivity contribution is 0.533. The Balaban J connectivity index is 1.93. The minimum atomic E-state index is 0.435. The molecular formula is C17H16N6O. The molecular weight excluding hydrogens is 304 g/mol. The zero-order chi connectivity index (χ0) is 16.5. The summed E-state index contributed by atoms with van der Waals surface area (Å²) in [5, 5.41) is 16.8. The summed E-state index contributed by atoms with van der Waals surface area (Å²) in [6.07, 6.45) is 3.55. The maximum absolute atomic E-state index is 5.60. The van der Waals surface area contributed by atoms with Crippen molar-refractivity contribution in [2.75, 3.05) is 5.32 Å². The summed E-state index contributed by atoms with van der Waals surface area (Å²) in [6.45, 7) is 4.55. The maximum Gasteiger partial charge on any atom is 0.251 e. The molecule has 0 atom stereocenters. The number of pyridine rings is 1. The summed E-state index contributed by atoms with van der Waals surface area (Å²) in [7, 11) is 0. The van der Waals surface area contributed by atoms with Gasteiger partial charge in [0.05, 0.1) is 22.8 Å². The van der Waals surface area contributed by atoms with Crippen LogP contribution in [-0.4, -0.2) is 25.0 Å². The molecule has 0 aliphatic heterocycles. The third-order valence-corrected chi connectivity index (χ3v) is 3.77. The van der Waals surface area contributed by atoms with Crippen LogP contribution in [0.5, 0.6) is 0 Å². The molecule has 4 rings (SSSR count). The quantitative estimate of drug-likeness (QED) is 0.619. The molecule has 0 radical (unpaired) electrons. The molecule has 0 amide bonds. The Hall–Kier alpha value is -3.22. The van der Waals surface area contributed by atoms with Crippen LogP contribution in [0.1, 0.15) is 12.8 Å². The minimum absolute atomic E-state index is 0.435. The molecule has 3 heterocycles. The van der Waals surface area contributed by atoms with Crippen LogP contribution < -0.4 is 5.32 Å². The first-order valence-corrected chi connectivity index (χ1v) is 7.73. The first-order valence-electron chi connectivity index (χ1n) is 7.73. The number of fused-ring (bicyclic) bond motifs is 1. The molecule has 0 saturated carbocycles. The number of aromatic nitrogens is 5. The van der Waals surface area contributed by atoms with Crippen LogP contribution in [0.25, 0.3) is 22.5 Å². The van der Waals surface area contributed by atoms with Gasteiger partial charge < -0.3 is 9.73 Å². The largest absolute Gasteiger partial charge is 0.421 e. The van der Waals surface area contributed by atoms with E-state index in [1.807, 2.05) is 48.1 Å². The van der Waals surface area contributed by atoms with Gasteiger partial charge in [0.2, 0.25) is 5.89 Å². The average molecular weight is 320 g/mol. The van der Waals surface area contributed by atoms with Crippen molar-refractivity contribution in [3.05, 3.63) is 48.6 Å². The predicted molar refractivity (Wildman–Crippen MR) is 91.0 cm³/mol. The molecule has 1 N–H and O–H groups in total. The van der Waals surface area contributed by atoms with Crippen LogP contribution in [0, 0.1) is 6.92 Å². The Morgan fingerprint density at radius 1 is 1.12 bits per heavy atom. The number of anilines is 2. The highest BCUT2D eigenvalue weighted by atomic mass is 16.4. The topological polar surface area (TPSA) is 81.7 Å². The Morgan fingerprint density at radius 3 is 2.67 bits per heavy atom. The fourth-order valence-electron chi connectivity index (χ4n) is 2.63. The summed E-state index contributed by atoms with van der Waals surface area (Å²) in [6, 6.07) is 9.93. The normalized spacial score (nSPS) is 11.1. The number of aryl methyl sites for hydroxylation is 2. The van der Waals surface area contributed by atoms with Gasteiger partial charge >= 0.3 is 0 Å². The van der Waals surface area contributed by atoms with Crippen LogP contribution in [0.4, 0.5) is 11.4 Å². The molecule has 24 heavy (non-hydrogen) atoms. The highest BCUT2D eigenvalue weighted by Gasteiger charge is 2.18. The van der Waals surface area contributed by atoms with Crippen molar-refractivity contribution in [1.29, 1.82) is 0 Å². The second kappa shape index (κ2) is 5.77. The lowest BCUT2D eigenvalue weighted by Crippen LogP contribution is -2.00. The third-order valence-electron chi connectivity index (χ3n) is 3.77. The number of benzene rings is 1. The van der Waals surface area contributed by atoms with E-state index in [4.69, 9.17) is 4.42 Å². The zero-order valence-corrected chi connectivity index (χ0v) is 13.4. The zero-order valence-electron chi connectivity index (χ0n) is 13.4. The Kier molecular flexibility index (Phi) is 3.45. The molecule has 0 bridgehead atoms. The summed E-state index contributed by atoms with van der Waals surface area (Å²) < 4.78 is 7.46. The molecule has 120 valence electrons. The SMILES string of the molecule is CCn1ncc2c(Nc3ccccc3)c(-c3nnc(C)o3)cnc21. The fraction of sp³-hybridized carbons (Fsp3) is 0.176. The van der Waals surface area contributed by atoms with Gasteiger partial charge in [0.1, 0.15) is 0 Å². The smallest absolute Gasteiger partial charge is 0.251 e. The molecule has 0 aliphatic rings. The number of para-hydroxylation sites is 1. The molecule has 0 fully saturated rings. The number of nitrogens with zero attached hydrogens (tertiary/aromatic N) is 5. The molecule has 0 spiro atoms. The van der Waals surface area contributed by atoms with E-state index >= 15 is 0 Å². The minimum Gasteiger partial charge on any atom is -0.421 e. The van der Waals surface area contributed by atoms with Crippen molar-refractivity contribution in [2.24, 2.45) is 0 Å². The Labute approximate surface area is 138 Å². The first kappa shape index (κ1) is 14.4. The first-order chi connectivity index (χ1) is 11.8. The van der Waals surface area contributed by atoms with Gasteiger partial charge in [0.15, 0.2) is 5.65 Å². The van der Waals surface area contributed by atoms with Gasteiger partial charge in [0, 0.05) is 25.4 Å². The summed E-state index contributed by atoms with van der Waals surface area (Å²) in [5.74, 6) is 0.949. The molecule has 7 nitrogen and oxygen atoms in total. The van der Waals surface area contributed by atoms with Crippen molar-refractivity contribution in [3.8, 4) is 11.5 Å². The average Bonchev–Trinajstić information content (AvgIpc) is 3.22. The van der Waals surface area contributed by atoms with Crippen LogP contribution in [0.15, 0.2) is 47.1 Å². The molecule has 3 aromatic heterocycles. The summed E-state index contributed by atoms with van der Waals surface area (Å²) in [5.41, 5.74) is 3.39. The van der Waals surface area contributed by atoms with Crippen LogP contribution in [0.2, 0.25) is 0 Å². The summed E-state index contributed by atoms with van der Waals surface area (Å²) >= 11 is 0. The summed E-state index contributed by atoms with van der Waals surface area (Å²) in [4.78, 5) is 4.53. The van der Waals surface area contributed by atoms with Crippen molar-refractivity contribution in [3.63, 3.8) is 0 Å². The lowest BCUT2D eigenvalue weighted by atomic mass is 10.1. The van der Waals surface area contributed by atoms with Gasteiger partial charge in [-0.25, -0.2) is 9.67 Å². The molecule has 0 unspecified atom stereocenters. The van der Waals surface area contributed by atoms with Crippen LogP contribution in [-0.2, 0) is 6.54 Å². The second-order valence-corrected chi connectivity index (χ2v) is 5.36. The van der Waals surface area contributed by atoms with E-state index in [0.717, 1.165) is 34.5 Å². The second-order valence-electron chi connectivity index (χ2n) is 5.36. The van der Waals surface area contributed by atoms with E-state index in [-0.39, 0.29) is 0 Å². The molecule has 1 aromatic carbocycles. The molecule has 0 aliphatic carbocycles. The van der Waals surface area contributed by atoms with Gasteiger partial charge in [0.25, 0.3) is 5.89 Å². The Morgan fingerprint density at radius 2 is 1.96 bits per heavy atom. The van der Waals surface area contributed by atoms with Gasteiger partial charge in [-0.3, -0.25) is 0 Å². The number of hydrogen-bond donors (Lipinski definition) is 1. The molecule has 0 saturated heterocycles. The molecule has 4 aromatic rings. The standard InChI is InChI=1S/C17H16N6O/c1-3-23-16-13(10-19-23)15(20-12-7-5-4-6-8-12)14(9-18-16)17-22-21-11(2)24-17/h4-10H,3H2,1-2H3,(H,18,20). The van der Waals surface area contributed by atoms with Gasteiger partial charge in [-0.15, -0.1) is 10.2 Å². The van der Waals surface area contributed by atoms with Crippen molar-refractivity contribution in [2.45, 2.75) is 20.4 Å². The number of rotatable bonds is 4. The van der Waals surface area contributed by atoms with Crippen LogP contribution in [0.3, 0.4) is 0 Å². The van der Waals surface area contributed by atoms with Gasteiger partial charge in [-0.2, -0.15) is 5.10 Å². The van der Waals surface area contributed by atoms with Crippen molar-refractivity contribution < 1.29 is 4.42 Å². The van der Waals surface area contributed by atoms with Gasteiger partial charge in [-0.1, -0.05) is 18.2 Å². The van der Waals surface area contributed by atoms with Crippen LogP contribution >= 0.6 is 0 Å². The predicted octanol–water partition coefficient (Wildman–Crippen LogP) is 3.55. The van der Waals surface area contributed by atoms with Gasteiger partial charge in [-0.05, 0) is 19.1 Å². The lowest BCUT2D eigenvalue weighted by Gasteiger charge is -2.11. The number of hydrogen-bond acceptors (Lipinski definition) is 6. The number of nitrogens with one attached hydrogen (secondary N) is 1. The molecule has 7 heteroatoms. The van der Waals surface area contributed by atoms with E-state index in [9.17, 15) is 0 Å².